The summed E-state index contributed by atoms with van der Waals surface area (Å²) in [5.74, 6) is -0.417. The molecule has 0 unspecified atom stereocenters. The average Bonchev–Trinajstić information content (AvgIpc) is 2.62. The van der Waals surface area contributed by atoms with E-state index in [1.165, 1.54) is 15.5 Å². The fourth-order valence-electron chi connectivity index (χ4n) is 3.08. The van der Waals surface area contributed by atoms with Crippen LogP contribution in [0, 0.1) is 0 Å². The van der Waals surface area contributed by atoms with Crippen LogP contribution in [0.1, 0.15) is 27.6 Å². The number of nitrogens with zero attached hydrogens (tertiary/aromatic N) is 3. The maximum atomic E-state index is 12.8. The van der Waals surface area contributed by atoms with Gasteiger partial charge in [-0.25, -0.2) is 4.98 Å². The highest BCUT2D eigenvalue weighted by Crippen LogP contribution is 2.26. The van der Waals surface area contributed by atoms with Crippen LogP contribution in [0.4, 0.5) is 0 Å². The predicted molar refractivity (Wildman–Crippen MR) is 87.6 cm³/mol. The van der Waals surface area contributed by atoms with Gasteiger partial charge in [0, 0.05) is 18.9 Å². The second-order valence-electron chi connectivity index (χ2n) is 5.81. The number of pyridine rings is 1. The van der Waals surface area contributed by atoms with Crippen molar-refractivity contribution in [3.8, 4) is 0 Å². The number of amides is 1. The summed E-state index contributed by atoms with van der Waals surface area (Å²) in [6, 6.07) is 12.7. The molecule has 4 rings (SSSR count). The Morgan fingerprint density at radius 2 is 1.96 bits per heavy atom. The minimum Gasteiger partial charge on any atom is -0.387 e. The van der Waals surface area contributed by atoms with Crippen LogP contribution in [0.25, 0.3) is 5.65 Å². The van der Waals surface area contributed by atoms with Crippen molar-refractivity contribution in [3.05, 3.63) is 81.9 Å². The molecule has 24 heavy (non-hydrogen) atoms. The smallest absolute Gasteiger partial charge is 0.270 e. The normalized spacial score (nSPS) is 16.9. The maximum Gasteiger partial charge on any atom is 0.270 e. The van der Waals surface area contributed by atoms with Crippen LogP contribution in [0.15, 0.2) is 59.7 Å². The fraction of sp³-hybridized carbons (Fsp3) is 0.167. The number of hydrogen-bond donors (Lipinski definition) is 1. The third kappa shape index (κ3) is 2.28. The number of aliphatic hydroxyl groups is 1. The molecular formula is C18H15N3O3. The van der Waals surface area contributed by atoms with E-state index in [2.05, 4.69) is 4.98 Å². The monoisotopic (exact) mass is 321 g/mol. The van der Waals surface area contributed by atoms with Crippen LogP contribution in [-0.4, -0.2) is 31.8 Å². The molecule has 1 aromatic carbocycles. The molecule has 0 saturated carbocycles. The van der Waals surface area contributed by atoms with Crippen molar-refractivity contribution in [2.45, 2.75) is 12.6 Å². The van der Waals surface area contributed by atoms with Gasteiger partial charge in [-0.05, 0) is 23.3 Å². The molecule has 1 atom stereocenters. The predicted octanol–water partition coefficient (Wildman–Crippen LogP) is 1.38. The van der Waals surface area contributed by atoms with Crippen molar-refractivity contribution in [3.63, 3.8) is 0 Å². The van der Waals surface area contributed by atoms with Gasteiger partial charge in [0.05, 0.1) is 12.6 Å². The van der Waals surface area contributed by atoms with Crippen LogP contribution in [0.5, 0.6) is 0 Å². The van der Waals surface area contributed by atoms with E-state index in [9.17, 15) is 14.7 Å². The molecule has 0 spiro atoms. The molecule has 2 aromatic heterocycles. The molecule has 6 heteroatoms. The first-order chi connectivity index (χ1) is 11.6. The highest BCUT2D eigenvalue weighted by Gasteiger charge is 2.28. The van der Waals surface area contributed by atoms with Crippen molar-refractivity contribution in [2.75, 3.05) is 6.54 Å². The summed E-state index contributed by atoms with van der Waals surface area (Å²) in [6.07, 6.45) is 2.14. The molecule has 1 N–H and O–H groups in total. The topological polar surface area (TPSA) is 74.9 Å². The van der Waals surface area contributed by atoms with Crippen LogP contribution >= 0.6 is 0 Å². The third-order valence-electron chi connectivity index (χ3n) is 4.30. The number of carbonyl (C=O) groups is 1. The van der Waals surface area contributed by atoms with Gasteiger partial charge in [-0.15, -0.1) is 0 Å². The van der Waals surface area contributed by atoms with E-state index in [0.29, 0.717) is 12.2 Å². The number of aliphatic hydroxyl groups excluding tert-OH is 1. The Morgan fingerprint density at radius 1 is 1.17 bits per heavy atom. The maximum absolute atomic E-state index is 12.8. The SMILES string of the molecule is O=C(c1cnc2ccccn2c1=O)N1Cc2ccccc2[C@H](O)C1. The molecule has 3 heterocycles. The van der Waals surface area contributed by atoms with Gasteiger partial charge in [0.15, 0.2) is 0 Å². The Morgan fingerprint density at radius 3 is 2.83 bits per heavy atom. The summed E-state index contributed by atoms with van der Waals surface area (Å²) in [5, 5.41) is 10.3. The number of carbonyl (C=O) groups excluding carboxylic acids is 1. The molecule has 3 aromatic rings. The Bertz CT molecular complexity index is 996. The molecule has 0 bridgehead atoms. The van der Waals surface area contributed by atoms with Gasteiger partial charge in [-0.3, -0.25) is 14.0 Å². The fourth-order valence-corrected chi connectivity index (χ4v) is 3.08. The first-order valence-electron chi connectivity index (χ1n) is 7.66. The Hall–Kier alpha value is -2.99. The van der Waals surface area contributed by atoms with E-state index in [-0.39, 0.29) is 12.1 Å². The Labute approximate surface area is 137 Å². The molecule has 0 aliphatic carbocycles. The van der Waals surface area contributed by atoms with Crippen molar-refractivity contribution < 1.29 is 9.90 Å². The number of β-amino-alcohol motifs (C(OH)–C–C–N with tert-alkyl or cyclic N) is 1. The summed E-state index contributed by atoms with van der Waals surface area (Å²) >= 11 is 0. The third-order valence-corrected chi connectivity index (χ3v) is 4.30. The number of hydrogen-bond acceptors (Lipinski definition) is 4. The van der Waals surface area contributed by atoms with Crippen LogP contribution < -0.4 is 5.56 Å². The minimum absolute atomic E-state index is 0.00489. The lowest BCUT2D eigenvalue weighted by molar-refractivity contribution is 0.0548. The van der Waals surface area contributed by atoms with E-state index < -0.39 is 17.6 Å². The lowest BCUT2D eigenvalue weighted by Gasteiger charge is -2.32. The Kier molecular flexibility index (Phi) is 3.39. The summed E-state index contributed by atoms with van der Waals surface area (Å²) < 4.78 is 1.35. The average molecular weight is 321 g/mol. The van der Waals surface area contributed by atoms with E-state index in [4.69, 9.17) is 0 Å². The summed E-state index contributed by atoms with van der Waals surface area (Å²) in [6.45, 7) is 0.524. The summed E-state index contributed by atoms with van der Waals surface area (Å²) in [4.78, 5) is 31.0. The molecule has 1 aliphatic rings. The molecule has 1 amide bonds. The van der Waals surface area contributed by atoms with Crippen molar-refractivity contribution in [1.82, 2.24) is 14.3 Å². The quantitative estimate of drug-likeness (QED) is 0.735. The number of fused-ring (bicyclic) bond motifs is 2. The van der Waals surface area contributed by atoms with Gasteiger partial charge in [0.1, 0.15) is 11.2 Å². The van der Waals surface area contributed by atoms with E-state index in [1.54, 1.807) is 24.4 Å². The van der Waals surface area contributed by atoms with Crippen LogP contribution in [0.2, 0.25) is 0 Å². The minimum atomic E-state index is -0.755. The second kappa shape index (κ2) is 5.58. The molecule has 0 fully saturated rings. The van der Waals surface area contributed by atoms with Gasteiger partial charge < -0.3 is 10.0 Å². The molecule has 0 saturated heterocycles. The van der Waals surface area contributed by atoms with Gasteiger partial charge in [-0.2, -0.15) is 0 Å². The summed E-state index contributed by atoms with van der Waals surface area (Å²) in [7, 11) is 0. The standard InChI is InChI=1S/C18H15N3O3/c22-15-11-20(10-12-5-1-2-6-13(12)15)17(23)14-9-19-16-7-3-4-8-21(16)18(14)24/h1-9,15,22H,10-11H2/t15-/m1/s1. The number of aromatic nitrogens is 2. The van der Waals surface area contributed by atoms with Crippen molar-refractivity contribution >= 4 is 11.6 Å². The highest BCUT2D eigenvalue weighted by molar-refractivity contribution is 5.94. The van der Waals surface area contributed by atoms with Gasteiger partial charge in [-0.1, -0.05) is 30.3 Å². The number of benzene rings is 1. The zero-order valence-corrected chi connectivity index (χ0v) is 12.8. The van der Waals surface area contributed by atoms with Crippen molar-refractivity contribution in [1.29, 1.82) is 0 Å². The van der Waals surface area contributed by atoms with Crippen LogP contribution in [-0.2, 0) is 6.54 Å². The zero-order chi connectivity index (χ0) is 16.7. The lowest BCUT2D eigenvalue weighted by Crippen LogP contribution is -2.40. The first kappa shape index (κ1) is 14.6. The van der Waals surface area contributed by atoms with Crippen LogP contribution in [0.3, 0.4) is 0 Å². The number of rotatable bonds is 1. The van der Waals surface area contributed by atoms with E-state index in [1.807, 2.05) is 24.3 Å². The molecule has 1 aliphatic heterocycles. The molecular weight excluding hydrogens is 306 g/mol. The van der Waals surface area contributed by atoms with E-state index in [0.717, 1.165) is 11.1 Å². The van der Waals surface area contributed by atoms with E-state index >= 15 is 0 Å². The summed E-state index contributed by atoms with van der Waals surface area (Å²) in [5.41, 5.74) is 1.81. The van der Waals surface area contributed by atoms with Crippen molar-refractivity contribution in [2.24, 2.45) is 0 Å². The first-order valence-corrected chi connectivity index (χ1v) is 7.66. The van der Waals surface area contributed by atoms with Gasteiger partial charge >= 0.3 is 0 Å². The zero-order valence-electron chi connectivity index (χ0n) is 12.8. The van der Waals surface area contributed by atoms with Gasteiger partial charge in [0.25, 0.3) is 11.5 Å². The largest absolute Gasteiger partial charge is 0.387 e. The molecule has 6 nitrogen and oxygen atoms in total. The lowest BCUT2D eigenvalue weighted by atomic mass is 9.97. The molecule has 0 radical (unpaired) electrons. The molecule has 120 valence electrons. The van der Waals surface area contributed by atoms with Gasteiger partial charge in [0.2, 0.25) is 0 Å². The highest BCUT2D eigenvalue weighted by atomic mass is 16.3. The Balaban J connectivity index is 1.73. The second-order valence-corrected chi connectivity index (χ2v) is 5.81.